The van der Waals surface area contributed by atoms with Crippen LogP contribution >= 0.6 is 22.7 Å². The summed E-state index contributed by atoms with van der Waals surface area (Å²) in [5.74, 6) is 0. The van der Waals surface area contributed by atoms with Crippen LogP contribution in [0.15, 0.2) is 17.5 Å². The van der Waals surface area contributed by atoms with Gasteiger partial charge in [-0.15, -0.1) is 22.7 Å². The van der Waals surface area contributed by atoms with E-state index in [-0.39, 0.29) is 0 Å². The zero-order chi connectivity index (χ0) is 11.4. The van der Waals surface area contributed by atoms with Gasteiger partial charge in [0.25, 0.3) is 0 Å². The first-order valence-corrected chi connectivity index (χ1v) is 6.70. The maximum atomic E-state index is 5.17. The summed E-state index contributed by atoms with van der Waals surface area (Å²) in [5.41, 5.74) is 1.05. The van der Waals surface area contributed by atoms with Gasteiger partial charge in [-0.3, -0.25) is 0 Å². The summed E-state index contributed by atoms with van der Waals surface area (Å²) in [4.78, 5) is 7.11. The Morgan fingerprint density at radius 2 is 2.38 bits per heavy atom. The molecule has 0 atom stereocenters. The molecule has 0 saturated heterocycles. The fourth-order valence-electron chi connectivity index (χ4n) is 1.44. The molecule has 3 nitrogen and oxygen atoms in total. The van der Waals surface area contributed by atoms with Crippen LogP contribution in [0.2, 0.25) is 0 Å². The first kappa shape index (κ1) is 11.7. The third-order valence-electron chi connectivity index (χ3n) is 2.13. The lowest BCUT2D eigenvalue weighted by molar-refractivity contribution is 0.181. The highest BCUT2D eigenvalue weighted by molar-refractivity contribution is 7.21. The Balaban J connectivity index is 2.30. The summed E-state index contributed by atoms with van der Waals surface area (Å²) >= 11 is 3.46. The van der Waals surface area contributed by atoms with E-state index in [0.717, 1.165) is 17.2 Å². The third-order valence-corrected chi connectivity index (χ3v) is 4.27. The summed E-state index contributed by atoms with van der Waals surface area (Å²) in [6.45, 7) is 1.43. The molecule has 0 radical (unpaired) electrons. The maximum Gasteiger partial charge on any atom is 0.134 e. The second-order valence-electron chi connectivity index (χ2n) is 3.33. The van der Waals surface area contributed by atoms with Crippen molar-refractivity contribution in [1.29, 1.82) is 0 Å². The monoisotopic (exact) mass is 254 g/mol. The molecular weight excluding hydrogens is 240 g/mol. The van der Waals surface area contributed by atoms with Crippen molar-refractivity contribution in [3.05, 3.63) is 28.1 Å². The van der Waals surface area contributed by atoms with Gasteiger partial charge in [0.1, 0.15) is 5.01 Å². The number of thiophene rings is 1. The van der Waals surface area contributed by atoms with Gasteiger partial charge in [0, 0.05) is 18.5 Å². The molecule has 0 fully saturated rings. The second-order valence-corrected chi connectivity index (χ2v) is 5.36. The van der Waals surface area contributed by atoms with Crippen molar-refractivity contribution >= 4 is 22.7 Å². The standard InChI is InChI=1S/C11H14N2OS2/c1-12-6-10-8(7-14-2)13-11(16-10)9-4-3-5-15-9/h3-5,12H,6-7H2,1-2H3. The Hall–Kier alpha value is -0.750. The fourth-order valence-corrected chi connectivity index (χ4v) is 3.31. The van der Waals surface area contributed by atoms with Gasteiger partial charge in [-0.25, -0.2) is 4.98 Å². The molecule has 86 valence electrons. The molecule has 5 heteroatoms. The van der Waals surface area contributed by atoms with Gasteiger partial charge in [-0.1, -0.05) is 6.07 Å². The molecule has 2 aromatic rings. The highest BCUT2D eigenvalue weighted by Crippen LogP contribution is 2.31. The van der Waals surface area contributed by atoms with Crippen molar-refractivity contribution in [1.82, 2.24) is 10.3 Å². The Labute approximate surface area is 103 Å². The van der Waals surface area contributed by atoms with Crippen molar-refractivity contribution in [2.75, 3.05) is 14.2 Å². The number of nitrogens with one attached hydrogen (secondary N) is 1. The first-order chi connectivity index (χ1) is 7.85. The molecule has 0 aliphatic carbocycles. The molecular formula is C11H14N2OS2. The highest BCUT2D eigenvalue weighted by Gasteiger charge is 2.12. The summed E-state index contributed by atoms with van der Waals surface area (Å²) < 4.78 is 5.17. The lowest BCUT2D eigenvalue weighted by Gasteiger charge is -1.98. The van der Waals surface area contributed by atoms with Gasteiger partial charge >= 0.3 is 0 Å². The van der Waals surface area contributed by atoms with Gasteiger partial charge < -0.3 is 10.1 Å². The molecule has 0 aliphatic rings. The molecule has 0 amide bonds. The van der Waals surface area contributed by atoms with Gasteiger partial charge in [0.2, 0.25) is 0 Å². The fraction of sp³-hybridized carbons (Fsp3) is 0.364. The predicted octanol–water partition coefficient (Wildman–Crippen LogP) is 2.74. The Bertz CT molecular complexity index is 413. The highest BCUT2D eigenvalue weighted by atomic mass is 32.1. The van der Waals surface area contributed by atoms with E-state index in [2.05, 4.69) is 27.8 Å². The largest absolute Gasteiger partial charge is 0.378 e. The Morgan fingerprint density at radius 3 is 3.00 bits per heavy atom. The number of hydrogen-bond donors (Lipinski definition) is 1. The van der Waals surface area contributed by atoms with E-state index in [9.17, 15) is 0 Å². The van der Waals surface area contributed by atoms with Crippen LogP contribution < -0.4 is 5.32 Å². The topological polar surface area (TPSA) is 34.2 Å². The van der Waals surface area contributed by atoms with Gasteiger partial charge in [-0.05, 0) is 18.5 Å². The van der Waals surface area contributed by atoms with Crippen molar-refractivity contribution in [2.24, 2.45) is 0 Å². The van der Waals surface area contributed by atoms with Crippen molar-refractivity contribution in [2.45, 2.75) is 13.2 Å². The minimum absolute atomic E-state index is 0.582. The molecule has 0 aliphatic heterocycles. The van der Waals surface area contributed by atoms with Crippen LogP contribution in [-0.2, 0) is 17.9 Å². The SMILES string of the molecule is CNCc1sc(-c2cccs2)nc1COC. The summed E-state index contributed by atoms with van der Waals surface area (Å²) in [5, 5.41) is 6.32. The van der Waals surface area contributed by atoms with E-state index < -0.39 is 0 Å². The summed E-state index contributed by atoms with van der Waals surface area (Å²) in [6.07, 6.45) is 0. The molecule has 0 spiro atoms. The Morgan fingerprint density at radius 1 is 1.50 bits per heavy atom. The van der Waals surface area contributed by atoms with Crippen LogP contribution in [0.3, 0.4) is 0 Å². The number of thiazole rings is 1. The maximum absolute atomic E-state index is 5.17. The van der Waals surface area contributed by atoms with Crippen LogP contribution in [0.25, 0.3) is 9.88 Å². The van der Waals surface area contributed by atoms with Crippen LogP contribution in [-0.4, -0.2) is 19.1 Å². The van der Waals surface area contributed by atoms with E-state index in [1.807, 2.05) is 7.05 Å². The third kappa shape index (κ3) is 2.49. The zero-order valence-corrected chi connectivity index (χ0v) is 11.0. The molecule has 0 bridgehead atoms. The smallest absolute Gasteiger partial charge is 0.134 e. The van der Waals surface area contributed by atoms with E-state index in [1.54, 1.807) is 29.8 Å². The van der Waals surface area contributed by atoms with Gasteiger partial charge in [0.05, 0.1) is 17.2 Å². The number of ether oxygens (including phenoxy) is 1. The zero-order valence-electron chi connectivity index (χ0n) is 9.32. The number of aromatic nitrogens is 1. The summed E-state index contributed by atoms with van der Waals surface area (Å²) in [7, 11) is 3.65. The van der Waals surface area contributed by atoms with Crippen LogP contribution in [0.5, 0.6) is 0 Å². The van der Waals surface area contributed by atoms with Crippen LogP contribution in [0, 0.1) is 0 Å². The lowest BCUT2D eigenvalue weighted by atomic mass is 10.3. The second kappa shape index (κ2) is 5.54. The van der Waals surface area contributed by atoms with Gasteiger partial charge in [-0.2, -0.15) is 0 Å². The van der Waals surface area contributed by atoms with E-state index >= 15 is 0 Å². The lowest BCUT2D eigenvalue weighted by Crippen LogP contribution is -2.06. The molecule has 0 unspecified atom stereocenters. The minimum atomic E-state index is 0.582. The number of nitrogens with zero attached hydrogens (tertiary/aromatic N) is 1. The van der Waals surface area contributed by atoms with Gasteiger partial charge in [0.15, 0.2) is 0 Å². The molecule has 1 N–H and O–H groups in total. The van der Waals surface area contributed by atoms with E-state index in [4.69, 9.17) is 4.74 Å². The van der Waals surface area contributed by atoms with Crippen molar-refractivity contribution < 1.29 is 4.74 Å². The van der Waals surface area contributed by atoms with Crippen LogP contribution in [0.4, 0.5) is 0 Å². The predicted molar refractivity (Wildman–Crippen MR) is 68.9 cm³/mol. The summed E-state index contributed by atoms with van der Waals surface area (Å²) in [6, 6.07) is 4.15. The van der Waals surface area contributed by atoms with Crippen LogP contribution in [0.1, 0.15) is 10.6 Å². The number of methoxy groups -OCH3 is 1. The minimum Gasteiger partial charge on any atom is -0.378 e. The van der Waals surface area contributed by atoms with Crippen molar-refractivity contribution in [3.8, 4) is 9.88 Å². The number of rotatable bonds is 5. The molecule has 0 saturated carbocycles. The average molecular weight is 254 g/mol. The first-order valence-electron chi connectivity index (χ1n) is 5.01. The molecule has 0 aromatic carbocycles. The molecule has 2 rings (SSSR count). The van der Waals surface area contributed by atoms with Crippen molar-refractivity contribution in [3.63, 3.8) is 0 Å². The molecule has 2 heterocycles. The van der Waals surface area contributed by atoms with E-state index in [1.165, 1.54) is 9.75 Å². The van der Waals surface area contributed by atoms with E-state index in [0.29, 0.717) is 6.61 Å². The molecule has 16 heavy (non-hydrogen) atoms. The average Bonchev–Trinajstić information content (AvgIpc) is 2.89. The Kier molecular flexibility index (Phi) is 4.06. The normalized spacial score (nSPS) is 10.9. The number of hydrogen-bond acceptors (Lipinski definition) is 5. The quantitative estimate of drug-likeness (QED) is 0.891. The molecule has 2 aromatic heterocycles.